The van der Waals surface area contributed by atoms with Crippen LogP contribution in [0.1, 0.15) is 13.3 Å². The summed E-state index contributed by atoms with van der Waals surface area (Å²) in [5.41, 5.74) is 0. The Morgan fingerprint density at radius 1 is 1.33 bits per heavy atom. The molecule has 0 aliphatic carbocycles. The van der Waals surface area contributed by atoms with E-state index in [9.17, 15) is 0 Å². The average molecular weight is 126 g/mol. The van der Waals surface area contributed by atoms with Crippen LogP contribution < -0.4 is 0 Å². The van der Waals surface area contributed by atoms with E-state index in [0.717, 1.165) is 19.9 Å². The third-order valence-corrected chi connectivity index (χ3v) is 2.04. The first-order valence-corrected chi connectivity index (χ1v) is 4.01. The lowest BCUT2D eigenvalue weighted by Crippen LogP contribution is -2.22. The molecule has 0 spiro atoms. The number of rotatable bonds is 2. The maximum Gasteiger partial charge on any atom is 0.144 e. The fourth-order valence-corrected chi connectivity index (χ4v) is 1.44. The van der Waals surface area contributed by atoms with Crippen molar-refractivity contribution in [2.75, 3.05) is 13.2 Å². The van der Waals surface area contributed by atoms with Crippen LogP contribution in [-0.2, 0) is 4.74 Å². The Hall–Kier alpha value is 0.0249. The van der Waals surface area contributed by atoms with Crippen LogP contribution in [0.15, 0.2) is 0 Å². The summed E-state index contributed by atoms with van der Waals surface area (Å²) in [4.78, 5) is 0. The minimum absolute atomic E-state index is 0.976. The van der Waals surface area contributed by atoms with Crippen molar-refractivity contribution < 1.29 is 4.74 Å². The van der Waals surface area contributed by atoms with Crippen molar-refractivity contribution in [3.05, 3.63) is 0 Å². The van der Waals surface area contributed by atoms with Crippen molar-refractivity contribution in [3.8, 4) is 0 Å². The summed E-state index contributed by atoms with van der Waals surface area (Å²) in [6.45, 7) is 5.24. The van der Waals surface area contributed by atoms with Crippen LogP contribution >= 0.6 is 0 Å². The van der Waals surface area contributed by atoms with Gasteiger partial charge in [0.25, 0.3) is 0 Å². The van der Waals surface area contributed by atoms with E-state index in [2.05, 4.69) is 6.92 Å². The summed E-state index contributed by atoms with van der Waals surface area (Å²) >= 11 is 0. The molecular weight excluding hydrogens is 111 g/mol. The molecule has 0 atom stereocenters. The Balaban J connectivity index is 2.08. The normalized spacial score (nSPS) is 20.3. The highest BCUT2D eigenvalue weighted by atomic mass is 16.5. The Bertz CT molecular complexity index is 66.6. The fraction of sp³-hybridized carbons (Fsp3) is 1.00. The van der Waals surface area contributed by atoms with Crippen LogP contribution in [0.3, 0.4) is 0 Å². The van der Waals surface area contributed by atoms with Crippen molar-refractivity contribution in [2.45, 2.75) is 32.3 Å². The highest BCUT2D eigenvalue weighted by Gasteiger charge is 2.15. The predicted octanol–water partition coefficient (Wildman–Crippen LogP) is 1.92. The lowest BCUT2D eigenvalue weighted by molar-refractivity contribution is 0.150. The second kappa shape index (κ2) is 3.94. The Morgan fingerprint density at radius 2 is 2.00 bits per heavy atom. The quantitative estimate of drug-likeness (QED) is 0.513. The smallest absolute Gasteiger partial charge is 0.144 e. The summed E-state index contributed by atoms with van der Waals surface area (Å²) in [6, 6.07) is 0. The summed E-state index contributed by atoms with van der Waals surface area (Å²) in [6.07, 6.45) is 5.34. The molecule has 1 fully saturated rings. The maximum atomic E-state index is 5.25. The van der Waals surface area contributed by atoms with Crippen molar-refractivity contribution >= 4 is 6.71 Å². The van der Waals surface area contributed by atoms with Crippen LogP contribution in [0.5, 0.6) is 0 Å². The number of hydrogen-bond donors (Lipinski definition) is 0. The molecule has 9 heavy (non-hydrogen) atoms. The first-order valence-electron chi connectivity index (χ1n) is 4.01. The lowest BCUT2D eigenvalue weighted by atomic mass is 9.42. The van der Waals surface area contributed by atoms with Gasteiger partial charge in [-0.1, -0.05) is 32.3 Å². The topological polar surface area (TPSA) is 9.23 Å². The minimum Gasteiger partial charge on any atom is -0.383 e. The SMILES string of the molecule is CCCB1CCOCC1. The standard InChI is InChI=1S/C7H15BO/c1-2-3-8-4-6-9-7-5-8/h2-7H2,1H3. The highest BCUT2D eigenvalue weighted by Crippen LogP contribution is 2.12. The molecule has 0 N–H and O–H groups in total. The first-order chi connectivity index (χ1) is 4.43. The molecule has 1 aliphatic rings. The van der Waals surface area contributed by atoms with Gasteiger partial charge in [0.15, 0.2) is 0 Å². The van der Waals surface area contributed by atoms with Gasteiger partial charge in [0.1, 0.15) is 6.71 Å². The average Bonchev–Trinajstić information content (AvgIpc) is 1.91. The van der Waals surface area contributed by atoms with Gasteiger partial charge in [-0.2, -0.15) is 0 Å². The molecule has 1 rings (SSSR count). The van der Waals surface area contributed by atoms with Gasteiger partial charge in [0.05, 0.1) is 0 Å². The zero-order valence-corrected chi connectivity index (χ0v) is 6.23. The summed E-state index contributed by atoms with van der Waals surface area (Å²) < 4.78 is 5.25. The third-order valence-electron chi connectivity index (χ3n) is 2.04. The van der Waals surface area contributed by atoms with Crippen molar-refractivity contribution in [1.29, 1.82) is 0 Å². The van der Waals surface area contributed by atoms with E-state index in [1.165, 1.54) is 25.4 Å². The van der Waals surface area contributed by atoms with Crippen LogP contribution in [0.2, 0.25) is 19.0 Å². The Labute approximate surface area is 57.9 Å². The van der Waals surface area contributed by atoms with E-state index in [-0.39, 0.29) is 0 Å². The molecule has 52 valence electrons. The van der Waals surface area contributed by atoms with Crippen LogP contribution in [-0.4, -0.2) is 19.9 Å². The van der Waals surface area contributed by atoms with E-state index >= 15 is 0 Å². The van der Waals surface area contributed by atoms with Gasteiger partial charge < -0.3 is 4.74 Å². The van der Waals surface area contributed by atoms with Gasteiger partial charge in [0.2, 0.25) is 0 Å². The zero-order chi connectivity index (χ0) is 6.53. The first kappa shape index (κ1) is 7.14. The predicted molar refractivity (Wildman–Crippen MR) is 41.3 cm³/mol. The molecule has 0 unspecified atom stereocenters. The van der Waals surface area contributed by atoms with E-state index in [1.54, 1.807) is 0 Å². The Kier molecular flexibility index (Phi) is 3.12. The minimum atomic E-state index is 0.976. The summed E-state index contributed by atoms with van der Waals surface area (Å²) in [5.74, 6) is 0. The summed E-state index contributed by atoms with van der Waals surface area (Å²) in [7, 11) is 0. The third kappa shape index (κ3) is 2.40. The van der Waals surface area contributed by atoms with E-state index < -0.39 is 0 Å². The molecule has 1 saturated heterocycles. The van der Waals surface area contributed by atoms with Gasteiger partial charge in [-0.25, -0.2) is 0 Å². The van der Waals surface area contributed by atoms with Crippen molar-refractivity contribution in [2.24, 2.45) is 0 Å². The molecule has 0 amide bonds. The largest absolute Gasteiger partial charge is 0.383 e. The lowest BCUT2D eigenvalue weighted by Gasteiger charge is -2.17. The van der Waals surface area contributed by atoms with Gasteiger partial charge in [-0.3, -0.25) is 0 Å². The van der Waals surface area contributed by atoms with Crippen molar-refractivity contribution in [3.63, 3.8) is 0 Å². The van der Waals surface area contributed by atoms with Gasteiger partial charge in [0, 0.05) is 13.2 Å². The molecule has 1 aliphatic heterocycles. The fourth-order valence-electron chi connectivity index (χ4n) is 1.44. The van der Waals surface area contributed by atoms with Crippen LogP contribution in [0.25, 0.3) is 0 Å². The van der Waals surface area contributed by atoms with E-state index in [4.69, 9.17) is 4.74 Å². The van der Waals surface area contributed by atoms with Crippen molar-refractivity contribution in [1.82, 2.24) is 0 Å². The molecular formula is C7H15BO. The molecule has 2 heteroatoms. The molecule has 1 nitrogen and oxygen atoms in total. The Morgan fingerprint density at radius 3 is 2.56 bits per heavy atom. The number of hydrogen-bond acceptors (Lipinski definition) is 1. The van der Waals surface area contributed by atoms with Gasteiger partial charge in [-0.15, -0.1) is 0 Å². The zero-order valence-electron chi connectivity index (χ0n) is 6.23. The molecule has 0 bridgehead atoms. The van der Waals surface area contributed by atoms with E-state index in [0.29, 0.717) is 0 Å². The van der Waals surface area contributed by atoms with Crippen LogP contribution in [0.4, 0.5) is 0 Å². The summed E-state index contributed by atoms with van der Waals surface area (Å²) in [5, 5.41) is 0. The van der Waals surface area contributed by atoms with Gasteiger partial charge in [-0.05, 0) is 0 Å². The van der Waals surface area contributed by atoms with E-state index in [1.807, 2.05) is 0 Å². The molecule has 0 saturated carbocycles. The molecule has 0 radical (unpaired) electrons. The second-order valence-corrected chi connectivity index (χ2v) is 2.84. The maximum absolute atomic E-state index is 5.25. The number of ether oxygens (including phenoxy) is 1. The molecule has 0 aromatic heterocycles. The second-order valence-electron chi connectivity index (χ2n) is 2.84. The molecule has 1 heterocycles. The molecule has 0 aromatic rings. The monoisotopic (exact) mass is 126 g/mol. The molecule has 0 aromatic carbocycles. The van der Waals surface area contributed by atoms with Crippen LogP contribution in [0, 0.1) is 0 Å². The highest BCUT2D eigenvalue weighted by molar-refractivity contribution is 6.59. The van der Waals surface area contributed by atoms with Gasteiger partial charge >= 0.3 is 0 Å².